The first-order valence-corrected chi connectivity index (χ1v) is 9.69. The van der Waals surface area contributed by atoms with Crippen molar-refractivity contribution in [2.45, 2.75) is 50.4 Å². The van der Waals surface area contributed by atoms with E-state index in [4.69, 9.17) is 4.74 Å². The van der Waals surface area contributed by atoms with Gasteiger partial charge >= 0.3 is 6.09 Å². The number of piperidine rings is 1. The molecule has 2 fully saturated rings. The maximum absolute atomic E-state index is 12.1. The number of ether oxygens (including phenoxy) is 1. The van der Waals surface area contributed by atoms with E-state index < -0.39 is 28.4 Å². The number of carboxylic acid groups (broad SMARTS) is 1. The van der Waals surface area contributed by atoms with Gasteiger partial charge in [-0.2, -0.15) is 17.4 Å². The number of hydrogen-bond acceptors (Lipinski definition) is 5. The van der Waals surface area contributed by atoms with E-state index in [1.165, 1.54) is 19.0 Å². The molecule has 10 heteroatoms. The Kier molecular flexibility index (Phi) is 6.43. The van der Waals surface area contributed by atoms with Gasteiger partial charge in [0.05, 0.1) is 18.8 Å². The van der Waals surface area contributed by atoms with E-state index >= 15 is 0 Å². The van der Waals surface area contributed by atoms with Crippen molar-refractivity contribution in [2.24, 2.45) is 0 Å². The van der Waals surface area contributed by atoms with Crippen LogP contribution < -0.4 is 10.0 Å². The summed E-state index contributed by atoms with van der Waals surface area (Å²) in [5.74, 6) is 0. The molecule has 3 atom stereocenters. The summed E-state index contributed by atoms with van der Waals surface area (Å²) in [6, 6.07) is -1.29. The van der Waals surface area contributed by atoms with Crippen LogP contribution in [0.4, 0.5) is 4.79 Å². The van der Waals surface area contributed by atoms with Crippen molar-refractivity contribution in [1.82, 2.24) is 19.2 Å². The van der Waals surface area contributed by atoms with Gasteiger partial charge < -0.3 is 15.2 Å². The summed E-state index contributed by atoms with van der Waals surface area (Å²) in [6.07, 6.45) is 1.23. The quantitative estimate of drug-likeness (QED) is 0.595. The summed E-state index contributed by atoms with van der Waals surface area (Å²) in [4.78, 5) is 12.9. The third-order valence-corrected chi connectivity index (χ3v) is 6.24. The molecule has 2 aliphatic rings. The Hall–Kier alpha value is -0.940. The SMILES string of the molecule is C[C@@H]1C[C@H](NS(=O)(=O)N(C)C)[C@H](COC2CCNCC2)N1C(=O)O. The molecule has 0 aromatic heterocycles. The Morgan fingerprint density at radius 1 is 1.38 bits per heavy atom. The van der Waals surface area contributed by atoms with Crippen LogP contribution in [0.25, 0.3) is 0 Å². The maximum atomic E-state index is 12.1. The van der Waals surface area contributed by atoms with Gasteiger partial charge in [0.25, 0.3) is 10.2 Å². The molecule has 0 saturated carbocycles. The molecular weight excluding hydrogens is 336 g/mol. The number of rotatable bonds is 6. The fraction of sp³-hybridized carbons (Fsp3) is 0.929. The van der Waals surface area contributed by atoms with Gasteiger partial charge in [0.1, 0.15) is 0 Å². The third-order valence-electron chi connectivity index (χ3n) is 4.68. The Morgan fingerprint density at radius 3 is 2.54 bits per heavy atom. The van der Waals surface area contributed by atoms with Gasteiger partial charge in [-0.15, -0.1) is 0 Å². The standard InChI is InChI=1S/C14H28N4O5S/c1-10-8-12(16-24(21,22)17(2)3)13(18(10)14(19)20)9-23-11-4-6-15-7-5-11/h10-13,15-16H,4-9H2,1-3H3,(H,19,20)/t10-,12+,13+/m1/s1. The van der Waals surface area contributed by atoms with Crippen molar-refractivity contribution in [3.63, 3.8) is 0 Å². The van der Waals surface area contributed by atoms with E-state index in [0.717, 1.165) is 30.2 Å². The van der Waals surface area contributed by atoms with Gasteiger partial charge in [-0.05, 0) is 39.3 Å². The third kappa shape index (κ3) is 4.57. The number of nitrogens with zero attached hydrogens (tertiary/aromatic N) is 2. The molecule has 0 spiro atoms. The molecule has 9 nitrogen and oxygen atoms in total. The fourth-order valence-electron chi connectivity index (χ4n) is 3.31. The topological polar surface area (TPSA) is 111 Å². The minimum Gasteiger partial charge on any atom is -0.465 e. The zero-order valence-electron chi connectivity index (χ0n) is 14.4. The average Bonchev–Trinajstić information content (AvgIpc) is 2.81. The van der Waals surface area contributed by atoms with Crippen molar-refractivity contribution in [2.75, 3.05) is 33.8 Å². The van der Waals surface area contributed by atoms with Gasteiger partial charge in [0.15, 0.2) is 0 Å². The van der Waals surface area contributed by atoms with Crippen LogP contribution in [0.5, 0.6) is 0 Å². The number of carbonyl (C=O) groups is 1. The van der Waals surface area contributed by atoms with Crippen molar-refractivity contribution < 1.29 is 23.1 Å². The van der Waals surface area contributed by atoms with Crippen LogP contribution in [0.3, 0.4) is 0 Å². The zero-order valence-corrected chi connectivity index (χ0v) is 15.3. The molecule has 0 unspecified atom stereocenters. The zero-order chi connectivity index (χ0) is 17.9. The van der Waals surface area contributed by atoms with Gasteiger partial charge in [-0.3, -0.25) is 4.90 Å². The second kappa shape index (κ2) is 7.96. The van der Waals surface area contributed by atoms with Crippen LogP contribution >= 0.6 is 0 Å². The predicted molar refractivity (Wildman–Crippen MR) is 89.1 cm³/mol. The molecular formula is C14H28N4O5S. The molecule has 2 rings (SSSR count). The fourth-order valence-corrected chi connectivity index (χ4v) is 4.15. The second-order valence-corrected chi connectivity index (χ2v) is 8.55. The van der Waals surface area contributed by atoms with Gasteiger partial charge in [0.2, 0.25) is 0 Å². The maximum Gasteiger partial charge on any atom is 0.407 e. The van der Waals surface area contributed by atoms with Gasteiger partial charge in [-0.25, -0.2) is 4.79 Å². The van der Waals surface area contributed by atoms with Gasteiger partial charge in [0, 0.05) is 26.2 Å². The lowest BCUT2D eigenvalue weighted by atomic mass is 10.1. The molecule has 2 aliphatic heterocycles. The summed E-state index contributed by atoms with van der Waals surface area (Å²) in [5.41, 5.74) is 0. The van der Waals surface area contributed by atoms with Crippen LogP contribution in [0, 0.1) is 0 Å². The molecule has 140 valence electrons. The summed E-state index contributed by atoms with van der Waals surface area (Å²) in [7, 11) is -0.751. The van der Waals surface area contributed by atoms with Crippen LogP contribution in [0.15, 0.2) is 0 Å². The monoisotopic (exact) mass is 364 g/mol. The van der Waals surface area contributed by atoms with Crippen LogP contribution in [-0.4, -0.2) is 86.8 Å². The largest absolute Gasteiger partial charge is 0.465 e. The molecule has 0 aromatic carbocycles. The number of amides is 1. The normalized spacial score (nSPS) is 29.3. The Morgan fingerprint density at radius 2 is 2.00 bits per heavy atom. The van der Waals surface area contributed by atoms with Crippen molar-refractivity contribution in [1.29, 1.82) is 0 Å². The van der Waals surface area contributed by atoms with Crippen molar-refractivity contribution >= 4 is 16.3 Å². The summed E-state index contributed by atoms with van der Waals surface area (Å²) in [5, 5.41) is 12.7. The van der Waals surface area contributed by atoms with E-state index in [9.17, 15) is 18.3 Å². The highest BCUT2D eigenvalue weighted by Gasteiger charge is 2.44. The predicted octanol–water partition coefficient (Wildman–Crippen LogP) is -0.340. The first kappa shape index (κ1) is 19.4. The molecule has 3 N–H and O–H groups in total. The molecule has 24 heavy (non-hydrogen) atoms. The molecule has 1 amide bonds. The summed E-state index contributed by atoms with van der Waals surface area (Å²) in [6.45, 7) is 3.74. The second-order valence-electron chi connectivity index (χ2n) is 6.64. The molecule has 2 heterocycles. The van der Waals surface area contributed by atoms with E-state index in [2.05, 4.69) is 10.0 Å². The van der Waals surface area contributed by atoms with Crippen molar-refractivity contribution in [3.05, 3.63) is 0 Å². The molecule has 0 aromatic rings. The van der Waals surface area contributed by atoms with Gasteiger partial charge in [-0.1, -0.05) is 0 Å². The van der Waals surface area contributed by atoms with Crippen LogP contribution in [-0.2, 0) is 14.9 Å². The van der Waals surface area contributed by atoms with E-state index in [1.807, 2.05) is 0 Å². The summed E-state index contributed by atoms with van der Waals surface area (Å²) >= 11 is 0. The molecule has 2 saturated heterocycles. The first-order chi connectivity index (χ1) is 11.2. The van der Waals surface area contributed by atoms with Crippen LogP contribution in [0.2, 0.25) is 0 Å². The number of nitrogens with one attached hydrogen (secondary N) is 2. The lowest BCUT2D eigenvalue weighted by Crippen LogP contribution is -2.52. The lowest BCUT2D eigenvalue weighted by molar-refractivity contribution is -0.00137. The summed E-state index contributed by atoms with van der Waals surface area (Å²) < 4.78 is 33.8. The highest BCUT2D eigenvalue weighted by Crippen LogP contribution is 2.26. The molecule has 0 aliphatic carbocycles. The van der Waals surface area contributed by atoms with Crippen LogP contribution in [0.1, 0.15) is 26.2 Å². The lowest BCUT2D eigenvalue weighted by Gasteiger charge is -2.31. The Bertz CT molecular complexity index is 535. The average molecular weight is 364 g/mol. The number of hydrogen-bond donors (Lipinski definition) is 3. The smallest absolute Gasteiger partial charge is 0.407 e. The van der Waals surface area contributed by atoms with Crippen molar-refractivity contribution in [3.8, 4) is 0 Å². The highest BCUT2D eigenvalue weighted by molar-refractivity contribution is 7.87. The van der Waals surface area contributed by atoms with E-state index in [-0.39, 0.29) is 18.8 Å². The Balaban J connectivity index is 2.07. The van der Waals surface area contributed by atoms with E-state index in [1.54, 1.807) is 6.92 Å². The Labute approximate surface area is 143 Å². The first-order valence-electron chi connectivity index (χ1n) is 8.25. The highest BCUT2D eigenvalue weighted by atomic mass is 32.2. The minimum absolute atomic E-state index is 0.0870. The molecule has 0 bridgehead atoms. The molecule has 0 radical (unpaired) electrons. The minimum atomic E-state index is -3.63. The number of likely N-dealkylation sites (tertiary alicyclic amines) is 1. The van der Waals surface area contributed by atoms with E-state index in [0.29, 0.717) is 6.42 Å².